The molecular formula is C23H18F3N5O4. The second-order valence-corrected chi connectivity index (χ2v) is 7.10. The molecule has 0 unspecified atom stereocenters. The number of nitrogens with zero attached hydrogens (tertiary/aromatic N) is 2. The first-order valence-corrected chi connectivity index (χ1v) is 9.96. The molecule has 0 fully saturated rings. The van der Waals surface area contributed by atoms with Gasteiger partial charge in [-0.3, -0.25) is 9.59 Å². The first-order chi connectivity index (χ1) is 16.6. The van der Waals surface area contributed by atoms with Gasteiger partial charge in [-0.25, -0.2) is 9.67 Å². The summed E-state index contributed by atoms with van der Waals surface area (Å²) in [5.74, 6) is -3.67. The number of nitrogens with one attached hydrogen (secondary N) is 2. The number of aliphatic carboxylic acids is 1. The highest BCUT2D eigenvalue weighted by Gasteiger charge is 2.28. The van der Waals surface area contributed by atoms with Crippen LogP contribution in [0.25, 0.3) is 16.6 Å². The number of fused-ring (bicyclic) bond motifs is 1. The lowest BCUT2D eigenvalue weighted by Crippen LogP contribution is -2.37. The summed E-state index contributed by atoms with van der Waals surface area (Å²) in [6.45, 7) is 0.454. The van der Waals surface area contributed by atoms with Gasteiger partial charge in [0.25, 0.3) is 11.8 Å². The predicted molar refractivity (Wildman–Crippen MR) is 115 cm³/mol. The Morgan fingerprint density at radius 3 is 2.23 bits per heavy atom. The molecule has 0 saturated heterocycles. The Bertz CT molecular complexity index is 1350. The van der Waals surface area contributed by atoms with E-state index < -0.39 is 18.1 Å². The van der Waals surface area contributed by atoms with Crippen molar-refractivity contribution in [2.45, 2.75) is 12.7 Å². The number of alkyl halides is 3. The smallest absolute Gasteiger partial charge is 0.430 e. The maximum atomic E-state index is 12.3. The third-order valence-electron chi connectivity index (χ3n) is 4.67. The summed E-state index contributed by atoms with van der Waals surface area (Å²) >= 11 is 0. The van der Waals surface area contributed by atoms with Gasteiger partial charge in [0.05, 0.1) is 11.3 Å². The van der Waals surface area contributed by atoms with Crippen LogP contribution in [0.5, 0.6) is 0 Å². The van der Waals surface area contributed by atoms with Crippen LogP contribution in [0.2, 0.25) is 0 Å². The fourth-order valence-corrected chi connectivity index (χ4v) is 2.97. The van der Waals surface area contributed by atoms with Gasteiger partial charge < -0.3 is 21.0 Å². The molecule has 180 valence electrons. The number of aromatic amines is 1. The van der Waals surface area contributed by atoms with E-state index in [-0.39, 0.29) is 5.91 Å². The minimum Gasteiger partial charge on any atom is -0.542 e. The van der Waals surface area contributed by atoms with Crippen LogP contribution in [-0.4, -0.2) is 33.7 Å². The van der Waals surface area contributed by atoms with Crippen LogP contribution in [0, 0.1) is 0 Å². The Morgan fingerprint density at radius 2 is 1.66 bits per heavy atom. The molecule has 4 N–H and O–H groups in total. The number of carbonyl (C=O) groups is 3. The lowest BCUT2D eigenvalue weighted by atomic mass is 10.1. The Morgan fingerprint density at radius 1 is 1.03 bits per heavy atom. The number of H-pyrrole nitrogens is 1. The summed E-state index contributed by atoms with van der Waals surface area (Å²) < 4.78 is 33.2. The summed E-state index contributed by atoms with van der Waals surface area (Å²) in [6, 6.07) is 16.2. The Labute approximate surface area is 196 Å². The van der Waals surface area contributed by atoms with Crippen LogP contribution >= 0.6 is 0 Å². The summed E-state index contributed by atoms with van der Waals surface area (Å²) in [4.78, 5) is 35.6. The number of carboxylic acids is 1. The van der Waals surface area contributed by atoms with Gasteiger partial charge in [0.1, 0.15) is 11.5 Å². The average Bonchev–Trinajstić information content (AvgIpc) is 3.27. The van der Waals surface area contributed by atoms with Crippen molar-refractivity contribution in [3.8, 4) is 5.69 Å². The molecule has 35 heavy (non-hydrogen) atoms. The molecule has 0 aliphatic carbocycles. The summed E-state index contributed by atoms with van der Waals surface area (Å²) in [5.41, 5.74) is 8.70. The molecule has 2 aromatic carbocycles. The second-order valence-electron chi connectivity index (χ2n) is 7.10. The summed E-state index contributed by atoms with van der Waals surface area (Å²) in [6.07, 6.45) is 0.255. The molecule has 0 spiro atoms. The molecule has 0 saturated carbocycles. The third kappa shape index (κ3) is 6.41. The van der Waals surface area contributed by atoms with Crippen molar-refractivity contribution >= 4 is 28.7 Å². The van der Waals surface area contributed by atoms with Crippen molar-refractivity contribution in [2.75, 3.05) is 0 Å². The zero-order valence-electron chi connectivity index (χ0n) is 17.9. The van der Waals surface area contributed by atoms with Crippen molar-refractivity contribution < 1.29 is 37.6 Å². The standard InChI is InChI=1S/C21H17N5O2.C2HF3O2/c22-20(27)18-3-1-2-16-13-26(25-19(16)18)17-6-4-15(5-7-17)21(28)24-12-14-8-10-23-11-9-14;3-2(4,5)1(6)7/h1-11,13H,12H2,(H2,22,27)(H,24,28);(H,6,7). The fraction of sp³-hybridized carbons (Fsp3) is 0.0870. The molecule has 2 amide bonds. The lowest BCUT2D eigenvalue weighted by molar-refractivity contribution is -0.378. The zero-order chi connectivity index (χ0) is 25.6. The number of nitrogens with two attached hydrogens (primary N) is 1. The Balaban J connectivity index is 0.000000429. The van der Waals surface area contributed by atoms with E-state index in [9.17, 15) is 22.8 Å². The maximum Gasteiger partial charge on any atom is 0.430 e. The molecule has 9 nitrogen and oxygen atoms in total. The van der Waals surface area contributed by atoms with Crippen molar-refractivity contribution in [2.24, 2.45) is 5.73 Å². The van der Waals surface area contributed by atoms with E-state index in [0.717, 1.165) is 16.6 Å². The number of aromatic nitrogens is 3. The first kappa shape index (κ1) is 24.9. The Hall–Kier alpha value is -4.74. The van der Waals surface area contributed by atoms with Crippen LogP contribution in [0.1, 0.15) is 26.3 Å². The maximum absolute atomic E-state index is 12.3. The highest BCUT2D eigenvalue weighted by Crippen LogP contribution is 2.19. The topological polar surface area (TPSA) is 144 Å². The fourth-order valence-electron chi connectivity index (χ4n) is 2.97. The highest BCUT2D eigenvalue weighted by molar-refractivity contribution is 6.04. The number of hydrogen-bond donors (Lipinski definition) is 2. The van der Waals surface area contributed by atoms with Gasteiger partial charge in [0.2, 0.25) is 0 Å². The number of halogens is 3. The number of primary amides is 1. The Kier molecular flexibility index (Phi) is 7.44. The minimum absolute atomic E-state index is 0.152. The number of carbonyl (C=O) groups excluding carboxylic acids is 3. The van der Waals surface area contributed by atoms with Gasteiger partial charge in [-0.15, -0.1) is 0 Å². The number of rotatable bonds is 5. The SMILES string of the molecule is NC(=O)c1cccc2cn(-c3ccc(C(=O)NCc4cc[nH+]cc4)cc3)nc12.O=C([O-])C(F)(F)F. The van der Waals surface area contributed by atoms with Crippen LogP contribution in [-0.2, 0) is 11.3 Å². The molecular weight excluding hydrogens is 467 g/mol. The van der Waals surface area contributed by atoms with Gasteiger partial charge in [0.15, 0.2) is 12.4 Å². The quantitative estimate of drug-likeness (QED) is 0.436. The molecule has 0 radical (unpaired) electrons. The normalized spacial score (nSPS) is 10.8. The van der Waals surface area contributed by atoms with E-state index in [0.29, 0.717) is 23.2 Å². The minimum atomic E-state index is -5.19. The van der Waals surface area contributed by atoms with Crippen LogP contribution in [0.4, 0.5) is 13.2 Å². The van der Waals surface area contributed by atoms with E-state index in [1.54, 1.807) is 28.9 Å². The van der Waals surface area contributed by atoms with Crippen molar-refractivity contribution in [1.82, 2.24) is 15.1 Å². The third-order valence-corrected chi connectivity index (χ3v) is 4.67. The van der Waals surface area contributed by atoms with Crippen molar-refractivity contribution in [1.29, 1.82) is 0 Å². The summed E-state index contributed by atoms with van der Waals surface area (Å²) in [7, 11) is 0. The van der Waals surface area contributed by atoms with Gasteiger partial charge in [-0.1, -0.05) is 12.1 Å². The molecule has 2 heterocycles. The van der Waals surface area contributed by atoms with Crippen molar-refractivity contribution in [3.63, 3.8) is 0 Å². The molecule has 2 aromatic heterocycles. The number of benzene rings is 2. The molecule has 12 heteroatoms. The molecule has 4 aromatic rings. The number of carboxylic acid groups (broad SMARTS) is 1. The zero-order valence-corrected chi connectivity index (χ0v) is 17.9. The van der Waals surface area contributed by atoms with E-state index in [1.807, 2.05) is 48.9 Å². The number of pyridine rings is 1. The monoisotopic (exact) mass is 485 g/mol. The predicted octanol–water partition coefficient (Wildman–Crippen LogP) is 1.17. The van der Waals surface area contributed by atoms with E-state index in [4.69, 9.17) is 15.6 Å². The highest BCUT2D eigenvalue weighted by atomic mass is 19.4. The van der Waals surface area contributed by atoms with Crippen molar-refractivity contribution in [3.05, 3.63) is 89.9 Å². The van der Waals surface area contributed by atoms with E-state index >= 15 is 0 Å². The molecule has 0 atom stereocenters. The van der Waals surface area contributed by atoms with Crippen LogP contribution in [0.15, 0.2) is 73.2 Å². The number of hydrogen-bond acceptors (Lipinski definition) is 5. The number of amides is 2. The average molecular weight is 485 g/mol. The lowest BCUT2D eigenvalue weighted by Gasteiger charge is -2.06. The molecule has 0 aliphatic heterocycles. The van der Waals surface area contributed by atoms with E-state index in [1.165, 1.54) is 0 Å². The first-order valence-electron chi connectivity index (χ1n) is 9.96. The van der Waals surface area contributed by atoms with Gasteiger partial charge in [0, 0.05) is 35.8 Å². The van der Waals surface area contributed by atoms with Gasteiger partial charge in [-0.2, -0.15) is 18.3 Å². The van der Waals surface area contributed by atoms with E-state index in [2.05, 4.69) is 15.4 Å². The largest absolute Gasteiger partial charge is 0.542 e. The van der Waals surface area contributed by atoms with Gasteiger partial charge >= 0.3 is 6.18 Å². The molecule has 0 aliphatic rings. The molecule has 0 bridgehead atoms. The van der Waals surface area contributed by atoms with Gasteiger partial charge in [-0.05, 0) is 35.9 Å². The van der Waals surface area contributed by atoms with Crippen LogP contribution in [0.3, 0.4) is 0 Å². The van der Waals surface area contributed by atoms with Crippen LogP contribution < -0.4 is 21.1 Å². The molecule has 4 rings (SSSR count). The summed E-state index contributed by atoms with van der Waals surface area (Å²) in [5, 5.41) is 17.0. The second kappa shape index (κ2) is 10.5.